The van der Waals surface area contributed by atoms with E-state index in [1.165, 1.54) is 0 Å². The predicted molar refractivity (Wildman–Crippen MR) is 77.3 cm³/mol. The van der Waals surface area contributed by atoms with Crippen molar-refractivity contribution in [2.75, 3.05) is 19.7 Å². The topological polar surface area (TPSA) is 62.4 Å². The quantitative estimate of drug-likeness (QED) is 0.794. The van der Waals surface area contributed by atoms with Gasteiger partial charge in [0.1, 0.15) is 0 Å². The number of aliphatic hydroxyl groups is 1. The molecule has 0 saturated heterocycles. The maximum absolute atomic E-state index is 9.00. The van der Waals surface area contributed by atoms with Crippen LogP contribution >= 0.6 is 11.6 Å². The van der Waals surface area contributed by atoms with Gasteiger partial charge in [0.2, 0.25) is 0 Å². The fourth-order valence-corrected chi connectivity index (χ4v) is 1.91. The summed E-state index contributed by atoms with van der Waals surface area (Å²) in [6.07, 6.45) is 1.77. The number of nitrogens with zero attached hydrogens (tertiary/aromatic N) is 3. The Bertz CT molecular complexity index is 554. The van der Waals surface area contributed by atoms with Gasteiger partial charge in [-0.15, -0.1) is 6.58 Å². The first kappa shape index (κ1) is 14.7. The van der Waals surface area contributed by atoms with E-state index in [4.69, 9.17) is 21.2 Å². The van der Waals surface area contributed by atoms with Crippen molar-refractivity contribution in [3.05, 3.63) is 47.8 Å². The summed E-state index contributed by atoms with van der Waals surface area (Å²) in [4.78, 5) is 6.31. The third kappa shape index (κ3) is 3.90. The molecule has 20 heavy (non-hydrogen) atoms. The van der Waals surface area contributed by atoms with Crippen LogP contribution in [0, 0.1) is 0 Å². The zero-order chi connectivity index (χ0) is 14.4. The Labute approximate surface area is 122 Å². The minimum Gasteiger partial charge on any atom is -0.395 e. The highest BCUT2D eigenvalue weighted by molar-refractivity contribution is 6.30. The smallest absolute Gasteiger partial charge is 0.257 e. The van der Waals surface area contributed by atoms with Crippen LogP contribution in [0.25, 0.3) is 11.5 Å². The van der Waals surface area contributed by atoms with Gasteiger partial charge in [-0.25, -0.2) is 0 Å². The van der Waals surface area contributed by atoms with Gasteiger partial charge in [-0.1, -0.05) is 22.8 Å². The first-order chi connectivity index (χ1) is 9.72. The lowest BCUT2D eigenvalue weighted by molar-refractivity contribution is 0.199. The van der Waals surface area contributed by atoms with Gasteiger partial charge in [0, 0.05) is 23.7 Å². The molecule has 6 heteroatoms. The number of hydrogen-bond acceptors (Lipinski definition) is 5. The largest absolute Gasteiger partial charge is 0.395 e. The van der Waals surface area contributed by atoms with Crippen LogP contribution in [0.5, 0.6) is 0 Å². The van der Waals surface area contributed by atoms with Crippen molar-refractivity contribution in [2.24, 2.45) is 0 Å². The second-order valence-corrected chi connectivity index (χ2v) is 4.71. The lowest BCUT2D eigenvalue weighted by atomic mass is 10.2. The number of rotatable bonds is 7. The van der Waals surface area contributed by atoms with Crippen LogP contribution in [0.15, 0.2) is 41.4 Å². The van der Waals surface area contributed by atoms with Crippen molar-refractivity contribution < 1.29 is 9.63 Å². The lowest BCUT2D eigenvalue weighted by Gasteiger charge is -2.16. The highest BCUT2D eigenvalue weighted by Crippen LogP contribution is 2.19. The molecule has 106 valence electrons. The van der Waals surface area contributed by atoms with Crippen molar-refractivity contribution in [3.8, 4) is 11.5 Å². The van der Waals surface area contributed by atoms with E-state index in [1.807, 2.05) is 17.0 Å². The third-order valence-electron chi connectivity index (χ3n) is 2.73. The second-order valence-electron chi connectivity index (χ2n) is 4.27. The molecule has 0 aliphatic carbocycles. The fourth-order valence-electron chi connectivity index (χ4n) is 1.79. The molecule has 2 aromatic rings. The number of benzene rings is 1. The first-order valence-electron chi connectivity index (χ1n) is 6.25. The molecule has 0 aliphatic heterocycles. The van der Waals surface area contributed by atoms with E-state index >= 15 is 0 Å². The van der Waals surface area contributed by atoms with Crippen molar-refractivity contribution >= 4 is 11.6 Å². The predicted octanol–water partition coefficient (Wildman–Crippen LogP) is 2.37. The van der Waals surface area contributed by atoms with Gasteiger partial charge in [-0.2, -0.15) is 4.98 Å². The van der Waals surface area contributed by atoms with E-state index in [1.54, 1.807) is 18.2 Å². The Morgan fingerprint density at radius 1 is 1.35 bits per heavy atom. The minimum atomic E-state index is 0.0791. The molecule has 1 N–H and O–H groups in total. The number of aliphatic hydroxyl groups excluding tert-OH is 1. The van der Waals surface area contributed by atoms with Gasteiger partial charge in [0.05, 0.1) is 13.2 Å². The summed E-state index contributed by atoms with van der Waals surface area (Å²) in [7, 11) is 0. The molecule has 0 bridgehead atoms. The van der Waals surface area contributed by atoms with Crippen LogP contribution in [-0.2, 0) is 6.54 Å². The van der Waals surface area contributed by atoms with Crippen LogP contribution in [0.3, 0.4) is 0 Å². The van der Waals surface area contributed by atoms with E-state index in [9.17, 15) is 0 Å². The molecular weight excluding hydrogens is 278 g/mol. The number of hydrogen-bond donors (Lipinski definition) is 1. The summed E-state index contributed by atoms with van der Waals surface area (Å²) in [6.45, 7) is 5.46. The highest BCUT2D eigenvalue weighted by atomic mass is 35.5. The van der Waals surface area contributed by atoms with Crippen molar-refractivity contribution in [2.45, 2.75) is 6.54 Å². The molecule has 0 aliphatic rings. The number of halogens is 1. The summed E-state index contributed by atoms with van der Waals surface area (Å²) in [5.41, 5.74) is 0.825. The minimum absolute atomic E-state index is 0.0791. The van der Waals surface area contributed by atoms with E-state index in [-0.39, 0.29) is 6.61 Å². The van der Waals surface area contributed by atoms with Gasteiger partial charge in [-0.3, -0.25) is 4.90 Å². The second kappa shape index (κ2) is 7.19. The van der Waals surface area contributed by atoms with Gasteiger partial charge in [0.15, 0.2) is 5.82 Å². The Kier molecular flexibility index (Phi) is 5.29. The van der Waals surface area contributed by atoms with Crippen LogP contribution < -0.4 is 0 Å². The Hall–Kier alpha value is -1.69. The molecule has 0 saturated carbocycles. The molecule has 0 amide bonds. The average Bonchev–Trinajstić information content (AvgIpc) is 2.89. The van der Waals surface area contributed by atoms with Crippen LogP contribution in [-0.4, -0.2) is 39.8 Å². The molecule has 1 heterocycles. The average molecular weight is 294 g/mol. The number of aromatic nitrogens is 2. The molecule has 0 atom stereocenters. The molecule has 0 unspecified atom stereocenters. The Morgan fingerprint density at radius 3 is 2.75 bits per heavy atom. The summed E-state index contributed by atoms with van der Waals surface area (Å²) < 4.78 is 5.23. The maximum atomic E-state index is 9.00. The maximum Gasteiger partial charge on any atom is 0.257 e. The van der Waals surface area contributed by atoms with Gasteiger partial charge in [0.25, 0.3) is 5.89 Å². The Balaban J connectivity index is 2.08. The van der Waals surface area contributed by atoms with Crippen LogP contribution in [0.4, 0.5) is 0 Å². The standard InChI is InChI=1S/C14H16ClN3O2/c1-2-7-18(8-9-19)10-13-16-14(20-17-13)11-3-5-12(15)6-4-11/h2-6,19H,1,7-10H2. The van der Waals surface area contributed by atoms with Crippen LogP contribution in [0.2, 0.25) is 5.02 Å². The summed E-state index contributed by atoms with van der Waals surface area (Å²) in [6, 6.07) is 7.21. The van der Waals surface area contributed by atoms with Crippen LogP contribution in [0.1, 0.15) is 5.82 Å². The summed E-state index contributed by atoms with van der Waals surface area (Å²) in [5.74, 6) is 1.03. The van der Waals surface area contributed by atoms with Crippen molar-refractivity contribution in [1.82, 2.24) is 15.0 Å². The van der Waals surface area contributed by atoms with E-state index < -0.39 is 0 Å². The van der Waals surface area contributed by atoms with Crippen molar-refractivity contribution in [1.29, 1.82) is 0 Å². The van der Waals surface area contributed by atoms with Crippen molar-refractivity contribution in [3.63, 3.8) is 0 Å². The molecular formula is C14H16ClN3O2. The van der Waals surface area contributed by atoms with E-state index in [2.05, 4.69) is 16.7 Å². The fraction of sp³-hybridized carbons (Fsp3) is 0.286. The monoisotopic (exact) mass is 293 g/mol. The Morgan fingerprint density at radius 2 is 2.10 bits per heavy atom. The van der Waals surface area contributed by atoms with Gasteiger partial charge >= 0.3 is 0 Å². The lowest BCUT2D eigenvalue weighted by Crippen LogP contribution is -2.27. The molecule has 5 nitrogen and oxygen atoms in total. The zero-order valence-corrected chi connectivity index (χ0v) is 11.8. The third-order valence-corrected chi connectivity index (χ3v) is 2.98. The molecule has 0 fully saturated rings. The summed E-state index contributed by atoms with van der Waals surface area (Å²) >= 11 is 5.84. The molecule has 2 rings (SSSR count). The molecule has 0 spiro atoms. The highest BCUT2D eigenvalue weighted by Gasteiger charge is 2.11. The molecule has 1 aromatic heterocycles. The van der Waals surface area contributed by atoms with Gasteiger partial charge in [-0.05, 0) is 24.3 Å². The van der Waals surface area contributed by atoms with E-state index in [0.29, 0.717) is 36.4 Å². The summed E-state index contributed by atoms with van der Waals surface area (Å²) in [5, 5.41) is 13.6. The normalized spacial score (nSPS) is 10.9. The van der Waals surface area contributed by atoms with E-state index in [0.717, 1.165) is 5.56 Å². The first-order valence-corrected chi connectivity index (χ1v) is 6.63. The zero-order valence-electron chi connectivity index (χ0n) is 11.0. The molecule has 1 aromatic carbocycles. The molecule has 0 radical (unpaired) electrons. The SMILES string of the molecule is C=CCN(CCO)Cc1noc(-c2ccc(Cl)cc2)n1. The van der Waals surface area contributed by atoms with Gasteiger partial charge < -0.3 is 9.63 Å².